The molecule has 0 radical (unpaired) electrons. The van der Waals surface area contributed by atoms with Crippen LogP contribution in [0.15, 0.2) is 42.5 Å². The van der Waals surface area contributed by atoms with Gasteiger partial charge < -0.3 is 11.1 Å². The van der Waals surface area contributed by atoms with Crippen LogP contribution in [0.1, 0.15) is 22.3 Å². The summed E-state index contributed by atoms with van der Waals surface area (Å²) in [7, 11) is 0. The lowest BCUT2D eigenvalue weighted by Crippen LogP contribution is -2.46. The molecule has 0 saturated heterocycles. The van der Waals surface area contributed by atoms with Crippen LogP contribution < -0.4 is 11.1 Å². The first-order valence-electron chi connectivity index (χ1n) is 8.38. The summed E-state index contributed by atoms with van der Waals surface area (Å²) in [6, 6.07) is 5.98. The van der Waals surface area contributed by atoms with Crippen molar-refractivity contribution in [3.05, 3.63) is 69.7 Å². The number of alkyl halides is 6. The van der Waals surface area contributed by atoms with Crippen molar-refractivity contribution in [2.45, 2.75) is 31.2 Å². The van der Waals surface area contributed by atoms with E-state index in [0.717, 1.165) is 0 Å². The van der Waals surface area contributed by atoms with Gasteiger partial charge in [0, 0.05) is 11.4 Å². The van der Waals surface area contributed by atoms with Gasteiger partial charge in [0.25, 0.3) is 0 Å². The number of carbonyl (C=O) groups excluding carboxylic acids is 2. The van der Waals surface area contributed by atoms with Gasteiger partial charge in [-0.15, -0.1) is 0 Å². The van der Waals surface area contributed by atoms with Crippen LogP contribution in [0.2, 0.25) is 5.02 Å². The van der Waals surface area contributed by atoms with Crippen LogP contribution in [0.4, 0.5) is 26.3 Å². The van der Waals surface area contributed by atoms with E-state index >= 15 is 0 Å². The van der Waals surface area contributed by atoms with Crippen molar-refractivity contribution in [3.63, 3.8) is 0 Å². The van der Waals surface area contributed by atoms with E-state index in [-0.39, 0.29) is 12.5 Å². The van der Waals surface area contributed by atoms with Gasteiger partial charge in [0.05, 0.1) is 17.5 Å². The van der Waals surface area contributed by atoms with Gasteiger partial charge >= 0.3 is 12.4 Å². The number of primary amides is 1. The van der Waals surface area contributed by atoms with Gasteiger partial charge in [0.15, 0.2) is 0 Å². The molecule has 2 aromatic rings. The van der Waals surface area contributed by atoms with Gasteiger partial charge in [-0.25, -0.2) is 0 Å². The van der Waals surface area contributed by atoms with Crippen molar-refractivity contribution < 1.29 is 35.9 Å². The highest BCUT2D eigenvalue weighted by Crippen LogP contribution is 2.36. The Hall–Kier alpha value is -2.75. The minimum absolute atomic E-state index is 0.0367. The lowest BCUT2D eigenvalue weighted by Gasteiger charge is -2.17. The minimum Gasteiger partial charge on any atom is -0.368 e. The van der Waals surface area contributed by atoms with Crippen LogP contribution in [0.25, 0.3) is 0 Å². The smallest absolute Gasteiger partial charge is 0.368 e. The fourth-order valence-corrected chi connectivity index (χ4v) is 2.87. The summed E-state index contributed by atoms with van der Waals surface area (Å²) in [5, 5.41) is 2.52. The third kappa shape index (κ3) is 6.38. The molecular weight excluding hydrogens is 438 g/mol. The lowest BCUT2D eigenvalue weighted by atomic mass is 10.0. The highest BCUT2D eigenvalue weighted by atomic mass is 35.5. The van der Waals surface area contributed by atoms with Crippen LogP contribution in [0.3, 0.4) is 0 Å². The molecule has 2 rings (SSSR count). The Kier molecular flexibility index (Phi) is 7.02. The standard InChI is InChI=1S/C19H15ClF6N2O2/c20-14-4-2-1-3-11(14)8-15(17(27)30)28-16(29)7-10-5-12(18(21,22)23)9-13(6-10)19(24,25)26/h1-6,9,15H,7-8H2,(H2,27,30)(H,28,29)/t15-/m0/s1. The molecule has 162 valence electrons. The Balaban J connectivity index is 2.23. The molecule has 0 aliphatic rings. The summed E-state index contributed by atoms with van der Waals surface area (Å²) in [6.45, 7) is 0. The largest absolute Gasteiger partial charge is 0.416 e. The van der Waals surface area contributed by atoms with E-state index in [1.807, 2.05) is 0 Å². The van der Waals surface area contributed by atoms with E-state index in [4.69, 9.17) is 17.3 Å². The molecule has 0 aliphatic heterocycles. The summed E-state index contributed by atoms with van der Waals surface area (Å²) in [6.07, 6.45) is -11.0. The maximum absolute atomic E-state index is 12.9. The molecule has 0 heterocycles. The second kappa shape index (κ2) is 8.95. The van der Waals surface area contributed by atoms with Crippen molar-refractivity contribution in [2.75, 3.05) is 0 Å². The zero-order valence-electron chi connectivity index (χ0n) is 15.1. The number of benzene rings is 2. The fourth-order valence-electron chi connectivity index (χ4n) is 2.66. The average Bonchev–Trinajstić information content (AvgIpc) is 2.61. The van der Waals surface area contributed by atoms with Gasteiger partial charge in [0.2, 0.25) is 11.8 Å². The van der Waals surface area contributed by atoms with Crippen molar-refractivity contribution in [2.24, 2.45) is 5.73 Å². The third-order valence-electron chi connectivity index (χ3n) is 4.07. The van der Waals surface area contributed by atoms with Crippen LogP contribution in [-0.2, 0) is 34.8 Å². The van der Waals surface area contributed by atoms with Crippen molar-refractivity contribution in [3.8, 4) is 0 Å². The van der Waals surface area contributed by atoms with Gasteiger partial charge in [-0.2, -0.15) is 26.3 Å². The zero-order chi connectivity index (χ0) is 22.7. The lowest BCUT2D eigenvalue weighted by molar-refractivity contribution is -0.143. The predicted molar refractivity (Wildman–Crippen MR) is 96.4 cm³/mol. The van der Waals surface area contributed by atoms with Crippen LogP contribution in [0.5, 0.6) is 0 Å². The van der Waals surface area contributed by atoms with Crippen molar-refractivity contribution in [1.29, 1.82) is 0 Å². The van der Waals surface area contributed by atoms with Crippen LogP contribution in [0, 0.1) is 0 Å². The van der Waals surface area contributed by atoms with E-state index in [0.29, 0.717) is 22.7 Å². The normalized spacial score (nSPS) is 13.0. The molecule has 0 fully saturated rings. The maximum Gasteiger partial charge on any atom is 0.416 e. The molecule has 0 bridgehead atoms. The number of amides is 2. The average molecular weight is 453 g/mol. The topological polar surface area (TPSA) is 72.2 Å². The predicted octanol–water partition coefficient (Wildman–Crippen LogP) is 4.13. The van der Waals surface area contributed by atoms with E-state index < -0.39 is 53.3 Å². The third-order valence-corrected chi connectivity index (χ3v) is 4.44. The van der Waals surface area contributed by atoms with Crippen molar-refractivity contribution in [1.82, 2.24) is 5.32 Å². The monoisotopic (exact) mass is 452 g/mol. The fraction of sp³-hybridized carbons (Fsp3) is 0.263. The summed E-state index contributed by atoms with van der Waals surface area (Å²) in [5.41, 5.74) is 2.12. The Labute approximate surface area is 172 Å². The highest BCUT2D eigenvalue weighted by Gasteiger charge is 2.37. The Morgan fingerprint density at radius 2 is 1.50 bits per heavy atom. The summed E-state index contributed by atoms with van der Waals surface area (Å²) in [4.78, 5) is 23.9. The number of halogens is 7. The first kappa shape index (κ1) is 23.5. The van der Waals surface area contributed by atoms with E-state index in [2.05, 4.69) is 5.32 Å². The Bertz CT molecular complexity index is 911. The van der Waals surface area contributed by atoms with Gasteiger partial charge in [0.1, 0.15) is 6.04 Å². The molecule has 0 saturated carbocycles. The SMILES string of the molecule is NC(=O)[C@H](Cc1ccccc1Cl)NC(=O)Cc1cc(C(F)(F)F)cc(C(F)(F)F)c1. The van der Waals surface area contributed by atoms with Gasteiger partial charge in [-0.05, 0) is 35.4 Å². The van der Waals surface area contributed by atoms with Crippen LogP contribution >= 0.6 is 11.6 Å². The summed E-state index contributed by atoms with van der Waals surface area (Å²) < 4.78 is 77.6. The molecule has 2 aromatic carbocycles. The Morgan fingerprint density at radius 1 is 0.967 bits per heavy atom. The number of hydrogen-bond acceptors (Lipinski definition) is 2. The van der Waals surface area contributed by atoms with E-state index in [1.165, 1.54) is 6.07 Å². The van der Waals surface area contributed by atoms with Gasteiger partial charge in [-0.1, -0.05) is 29.8 Å². The molecule has 0 unspecified atom stereocenters. The molecular formula is C19H15ClF6N2O2. The zero-order valence-corrected chi connectivity index (χ0v) is 15.8. The molecule has 0 aromatic heterocycles. The molecule has 30 heavy (non-hydrogen) atoms. The number of nitrogens with one attached hydrogen (secondary N) is 1. The number of carbonyl (C=O) groups is 2. The van der Waals surface area contributed by atoms with Gasteiger partial charge in [-0.3, -0.25) is 9.59 Å². The number of hydrogen-bond donors (Lipinski definition) is 2. The molecule has 11 heteroatoms. The van der Waals surface area contributed by atoms with Crippen LogP contribution in [-0.4, -0.2) is 17.9 Å². The number of rotatable bonds is 6. The molecule has 0 aliphatic carbocycles. The molecule has 0 spiro atoms. The molecule has 1 atom stereocenters. The summed E-state index contributed by atoms with van der Waals surface area (Å²) in [5.74, 6) is -1.92. The first-order valence-corrected chi connectivity index (χ1v) is 8.75. The van der Waals surface area contributed by atoms with E-state index in [9.17, 15) is 35.9 Å². The van der Waals surface area contributed by atoms with Crippen molar-refractivity contribution >= 4 is 23.4 Å². The molecule has 3 N–H and O–H groups in total. The second-order valence-electron chi connectivity index (χ2n) is 6.41. The molecule has 2 amide bonds. The summed E-state index contributed by atoms with van der Waals surface area (Å²) >= 11 is 5.98. The highest BCUT2D eigenvalue weighted by molar-refractivity contribution is 6.31. The maximum atomic E-state index is 12.9. The second-order valence-corrected chi connectivity index (χ2v) is 6.82. The Morgan fingerprint density at radius 3 is 1.97 bits per heavy atom. The first-order chi connectivity index (χ1) is 13.8. The molecule has 4 nitrogen and oxygen atoms in total. The quantitative estimate of drug-likeness (QED) is 0.647. The minimum atomic E-state index is -5.04. The number of nitrogens with two attached hydrogens (primary N) is 1. The van der Waals surface area contributed by atoms with E-state index in [1.54, 1.807) is 18.2 Å².